The summed E-state index contributed by atoms with van der Waals surface area (Å²) in [4.78, 5) is 8.27. The highest BCUT2D eigenvalue weighted by molar-refractivity contribution is 6.34. The van der Waals surface area contributed by atoms with E-state index in [0.29, 0.717) is 15.7 Å². The molecule has 0 saturated heterocycles. The smallest absolute Gasteiger partial charge is 0.0997 e. The first-order valence-electron chi connectivity index (χ1n) is 5.84. The maximum Gasteiger partial charge on any atom is 0.0997 e. The van der Waals surface area contributed by atoms with Crippen molar-refractivity contribution in [2.24, 2.45) is 0 Å². The Hall–Kier alpha value is -2.04. The lowest BCUT2D eigenvalue weighted by atomic mass is 10.2. The number of hydrogen-bond acceptors (Lipinski definition) is 3. The molecular weight excluding hydrogens is 295 g/mol. The molecule has 2 heterocycles. The molecule has 3 aromatic rings. The van der Waals surface area contributed by atoms with E-state index in [0.717, 1.165) is 16.9 Å². The van der Waals surface area contributed by atoms with Crippen LogP contribution in [0.1, 0.15) is 0 Å². The number of rotatable bonds is 2. The Morgan fingerprint density at radius 3 is 2.45 bits per heavy atom. The van der Waals surface area contributed by atoms with Crippen molar-refractivity contribution in [1.82, 2.24) is 14.5 Å². The van der Waals surface area contributed by atoms with Gasteiger partial charge in [0.15, 0.2) is 0 Å². The van der Waals surface area contributed by atoms with Crippen molar-refractivity contribution in [3.63, 3.8) is 0 Å². The van der Waals surface area contributed by atoms with Gasteiger partial charge in [-0.3, -0.25) is 9.55 Å². The minimum Gasteiger partial charge on any atom is -0.398 e. The van der Waals surface area contributed by atoms with E-state index < -0.39 is 0 Å². The number of anilines is 1. The van der Waals surface area contributed by atoms with Crippen molar-refractivity contribution in [2.75, 3.05) is 5.73 Å². The topological polar surface area (TPSA) is 56.7 Å². The highest BCUT2D eigenvalue weighted by Crippen LogP contribution is 2.29. The molecule has 6 heteroatoms. The van der Waals surface area contributed by atoms with Gasteiger partial charge in [-0.1, -0.05) is 23.2 Å². The summed E-state index contributed by atoms with van der Waals surface area (Å²) >= 11 is 12.1. The Bertz CT molecular complexity index is 747. The normalized spacial score (nSPS) is 10.7. The summed E-state index contributed by atoms with van der Waals surface area (Å²) in [5, 5.41) is 1.12. The van der Waals surface area contributed by atoms with Crippen molar-refractivity contribution in [2.45, 2.75) is 0 Å². The van der Waals surface area contributed by atoms with Gasteiger partial charge in [0.05, 0.1) is 23.9 Å². The predicted octanol–water partition coefficient (Wildman–Crippen LogP) is 3.82. The second-order valence-electron chi connectivity index (χ2n) is 4.24. The van der Waals surface area contributed by atoms with Gasteiger partial charge < -0.3 is 5.73 Å². The Balaban J connectivity index is 2.18. The predicted molar refractivity (Wildman–Crippen MR) is 81.2 cm³/mol. The van der Waals surface area contributed by atoms with Crippen LogP contribution >= 0.6 is 23.2 Å². The molecule has 20 heavy (non-hydrogen) atoms. The quantitative estimate of drug-likeness (QED) is 0.783. The first-order chi connectivity index (χ1) is 9.65. The zero-order valence-electron chi connectivity index (χ0n) is 10.3. The van der Waals surface area contributed by atoms with Crippen molar-refractivity contribution < 1.29 is 0 Å². The number of nitrogens with two attached hydrogens (primary N) is 1. The fourth-order valence-electron chi connectivity index (χ4n) is 2.00. The van der Waals surface area contributed by atoms with E-state index in [2.05, 4.69) is 9.97 Å². The third-order valence-corrected chi connectivity index (χ3v) is 3.33. The largest absolute Gasteiger partial charge is 0.398 e. The van der Waals surface area contributed by atoms with E-state index >= 15 is 0 Å². The maximum absolute atomic E-state index is 6.04. The van der Waals surface area contributed by atoms with E-state index in [1.54, 1.807) is 37.1 Å². The van der Waals surface area contributed by atoms with Gasteiger partial charge in [0.25, 0.3) is 0 Å². The molecule has 0 aliphatic rings. The fourth-order valence-corrected chi connectivity index (χ4v) is 2.51. The molecule has 0 fully saturated rings. The van der Waals surface area contributed by atoms with Gasteiger partial charge >= 0.3 is 0 Å². The lowest BCUT2D eigenvalue weighted by Crippen LogP contribution is -1.98. The SMILES string of the molecule is Nc1ccncc1-c1cncn1-c1cc(Cl)cc(Cl)c1. The van der Waals surface area contributed by atoms with Crippen LogP contribution in [-0.4, -0.2) is 14.5 Å². The van der Waals surface area contributed by atoms with E-state index in [-0.39, 0.29) is 0 Å². The molecule has 0 amide bonds. The molecule has 0 spiro atoms. The molecule has 0 saturated carbocycles. The number of aromatic nitrogens is 3. The number of halogens is 2. The van der Waals surface area contributed by atoms with Crippen molar-refractivity contribution in [3.8, 4) is 16.9 Å². The number of pyridine rings is 1. The van der Waals surface area contributed by atoms with Crippen molar-refractivity contribution >= 4 is 28.9 Å². The van der Waals surface area contributed by atoms with Crippen LogP contribution in [0.15, 0.2) is 49.2 Å². The van der Waals surface area contributed by atoms with Gasteiger partial charge in [0.1, 0.15) is 0 Å². The Morgan fingerprint density at radius 2 is 1.75 bits per heavy atom. The van der Waals surface area contributed by atoms with E-state index in [1.165, 1.54) is 0 Å². The summed E-state index contributed by atoms with van der Waals surface area (Å²) in [6, 6.07) is 7.05. The fraction of sp³-hybridized carbons (Fsp3) is 0. The molecule has 0 unspecified atom stereocenters. The third kappa shape index (κ3) is 2.35. The number of nitrogen functional groups attached to an aromatic ring is 1. The molecule has 100 valence electrons. The van der Waals surface area contributed by atoms with Gasteiger partial charge in [-0.05, 0) is 24.3 Å². The summed E-state index contributed by atoms with van der Waals surface area (Å²) in [7, 11) is 0. The highest BCUT2D eigenvalue weighted by Gasteiger charge is 2.11. The van der Waals surface area contributed by atoms with Crippen molar-refractivity contribution in [3.05, 3.63) is 59.2 Å². The van der Waals surface area contributed by atoms with Crippen LogP contribution < -0.4 is 5.73 Å². The van der Waals surface area contributed by atoms with E-state index in [1.807, 2.05) is 16.7 Å². The van der Waals surface area contributed by atoms with Gasteiger partial charge in [-0.25, -0.2) is 4.98 Å². The van der Waals surface area contributed by atoms with Crippen LogP contribution in [0.5, 0.6) is 0 Å². The average Bonchev–Trinajstić information content (AvgIpc) is 2.87. The van der Waals surface area contributed by atoms with Gasteiger partial charge in [-0.2, -0.15) is 0 Å². The average molecular weight is 305 g/mol. The monoisotopic (exact) mass is 304 g/mol. The molecular formula is C14H10Cl2N4. The second-order valence-corrected chi connectivity index (χ2v) is 5.11. The number of nitrogens with zero attached hydrogens (tertiary/aromatic N) is 3. The second kappa shape index (κ2) is 5.15. The standard InChI is InChI=1S/C14H10Cl2N4/c15-9-3-10(16)5-11(4-9)20-8-19-7-14(20)12-6-18-2-1-13(12)17/h1-8H,(H2,17,18). The van der Waals surface area contributed by atoms with Crippen LogP contribution in [0.3, 0.4) is 0 Å². The van der Waals surface area contributed by atoms with Gasteiger partial charge in [0, 0.05) is 33.7 Å². The van der Waals surface area contributed by atoms with Crippen LogP contribution in [0.4, 0.5) is 5.69 Å². The molecule has 4 nitrogen and oxygen atoms in total. The minimum atomic E-state index is 0.561. The summed E-state index contributed by atoms with van der Waals surface area (Å²) in [5.41, 5.74) is 9.07. The summed E-state index contributed by atoms with van der Waals surface area (Å²) < 4.78 is 1.87. The highest BCUT2D eigenvalue weighted by atomic mass is 35.5. The lowest BCUT2D eigenvalue weighted by molar-refractivity contribution is 1.06. The van der Waals surface area contributed by atoms with Crippen LogP contribution in [0, 0.1) is 0 Å². The molecule has 2 aromatic heterocycles. The third-order valence-electron chi connectivity index (χ3n) is 2.89. The lowest BCUT2D eigenvalue weighted by Gasteiger charge is -2.10. The summed E-state index contributed by atoms with van der Waals surface area (Å²) in [5.74, 6) is 0. The Morgan fingerprint density at radius 1 is 1.00 bits per heavy atom. The van der Waals surface area contributed by atoms with Gasteiger partial charge in [0.2, 0.25) is 0 Å². The molecule has 0 bridgehead atoms. The Kier molecular flexibility index (Phi) is 3.34. The van der Waals surface area contributed by atoms with E-state index in [9.17, 15) is 0 Å². The zero-order valence-corrected chi connectivity index (χ0v) is 11.8. The zero-order chi connectivity index (χ0) is 14.1. The number of benzene rings is 1. The molecule has 0 aliphatic carbocycles. The summed E-state index contributed by atoms with van der Waals surface area (Å²) in [6.45, 7) is 0. The van der Waals surface area contributed by atoms with Crippen LogP contribution in [-0.2, 0) is 0 Å². The van der Waals surface area contributed by atoms with E-state index in [4.69, 9.17) is 28.9 Å². The van der Waals surface area contributed by atoms with Crippen LogP contribution in [0.25, 0.3) is 16.9 Å². The molecule has 1 aromatic carbocycles. The number of imidazole rings is 1. The first kappa shape index (κ1) is 13.0. The maximum atomic E-state index is 6.04. The summed E-state index contributed by atoms with van der Waals surface area (Å²) in [6.07, 6.45) is 6.76. The molecule has 3 rings (SSSR count). The van der Waals surface area contributed by atoms with Gasteiger partial charge in [-0.15, -0.1) is 0 Å². The Labute approximate surface area is 125 Å². The number of hydrogen-bond donors (Lipinski definition) is 1. The minimum absolute atomic E-state index is 0.561. The first-order valence-corrected chi connectivity index (χ1v) is 6.59. The van der Waals surface area contributed by atoms with Crippen LogP contribution in [0.2, 0.25) is 10.0 Å². The molecule has 0 radical (unpaired) electrons. The van der Waals surface area contributed by atoms with Crippen molar-refractivity contribution in [1.29, 1.82) is 0 Å². The molecule has 0 atom stereocenters. The molecule has 0 aliphatic heterocycles. The molecule has 2 N–H and O–H groups in total.